The molecular formula is C14H13FN2O2. The highest BCUT2D eigenvalue weighted by Crippen LogP contribution is 2.40. The average Bonchev–Trinajstić information content (AvgIpc) is 3.11. The van der Waals surface area contributed by atoms with Gasteiger partial charge in [0.2, 0.25) is 0 Å². The Hall–Kier alpha value is -2.17. The van der Waals surface area contributed by atoms with E-state index < -0.39 is 0 Å². The van der Waals surface area contributed by atoms with Crippen LogP contribution in [0.2, 0.25) is 0 Å². The Labute approximate surface area is 109 Å². The van der Waals surface area contributed by atoms with Crippen LogP contribution in [0, 0.1) is 12.7 Å². The van der Waals surface area contributed by atoms with Crippen molar-refractivity contribution >= 4 is 11.6 Å². The molecule has 0 aliphatic heterocycles. The molecule has 1 aromatic heterocycles. The van der Waals surface area contributed by atoms with Gasteiger partial charge in [-0.15, -0.1) is 0 Å². The van der Waals surface area contributed by atoms with Gasteiger partial charge in [-0.1, -0.05) is 11.2 Å². The molecule has 0 spiro atoms. The summed E-state index contributed by atoms with van der Waals surface area (Å²) in [6.07, 6.45) is 2.17. The third kappa shape index (κ3) is 2.50. The van der Waals surface area contributed by atoms with Crippen molar-refractivity contribution in [2.45, 2.75) is 25.7 Å². The molecular weight excluding hydrogens is 247 g/mol. The molecule has 0 bridgehead atoms. The quantitative estimate of drug-likeness (QED) is 0.921. The Morgan fingerprint density at radius 1 is 1.42 bits per heavy atom. The molecule has 5 heteroatoms. The van der Waals surface area contributed by atoms with Crippen molar-refractivity contribution < 1.29 is 13.7 Å². The maximum Gasteiger partial charge on any atom is 0.277 e. The number of carbonyl (C=O) groups is 1. The van der Waals surface area contributed by atoms with Crippen molar-refractivity contribution in [3.8, 4) is 0 Å². The van der Waals surface area contributed by atoms with Crippen LogP contribution in [-0.4, -0.2) is 11.1 Å². The molecule has 0 atom stereocenters. The molecule has 1 aliphatic carbocycles. The van der Waals surface area contributed by atoms with E-state index in [0.717, 1.165) is 24.2 Å². The highest BCUT2D eigenvalue weighted by molar-refractivity contribution is 6.03. The molecule has 98 valence electrons. The Morgan fingerprint density at radius 3 is 2.95 bits per heavy atom. The summed E-state index contributed by atoms with van der Waals surface area (Å²) in [6.45, 7) is 1.80. The van der Waals surface area contributed by atoms with Gasteiger partial charge in [0.05, 0.1) is 0 Å². The molecule has 1 heterocycles. The van der Waals surface area contributed by atoms with E-state index in [1.54, 1.807) is 19.1 Å². The van der Waals surface area contributed by atoms with Gasteiger partial charge in [-0.25, -0.2) is 4.39 Å². The van der Waals surface area contributed by atoms with Crippen LogP contribution in [0.25, 0.3) is 0 Å². The van der Waals surface area contributed by atoms with E-state index in [2.05, 4.69) is 10.5 Å². The monoisotopic (exact) mass is 260 g/mol. The van der Waals surface area contributed by atoms with Gasteiger partial charge in [0, 0.05) is 17.7 Å². The molecule has 2 aromatic rings. The summed E-state index contributed by atoms with van der Waals surface area (Å²) in [4.78, 5) is 12.0. The van der Waals surface area contributed by atoms with Crippen LogP contribution in [0.5, 0.6) is 0 Å². The summed E-state index contributed by atoms with van der Waals surface area (Å²) in [5, 5.41) is 6.38. The van der Waals surface area contributed by atoms with Crippen LogP contribution in [-0.2, 0) is 0 Å². The van der Waals surface area contributed by atoms with E-state index in [9.17, 15) is 9.18 Å². The van der Waals surface area contributed by atoms with Gasteiger partial charge in [-0.05, 0) is 37.5 Å². The van der Waals surface area contributed by atoms with Gasteiger partial charge in [-0.3, -0.25) is 4.79 Å². The van der Waals surface area contributed by atoms with E-state index in [1.807, 2.05) is 0 Å². The minimum atomic E-state index is -0.389. The SMILES string of the molecule is Cc1ccc(F)cc1NC(=O)c1cc(C2CC2)on1. The first-order valence-electron chi connectivity index (χ1n) is 6.17. The van der Waals surface area contributed by atoms with Gasteiger partial charge >= 0.3 is 0 Å². The number of anilines is 1. The van der Waals surface area contributed by atoms with E-state index in [1.165, 1.54) is 12.1 Å². The second-order valence-electron chi connectivity index (χ2n) is 4.80. The van der Waals surface area contributed by atoms with E-state index in [0.29, 0.717) is 11.6 Å². The van der Waals surface area contributed by atoms with Crippen molar-refractivity contribution in [1.29, 1.82) is 0 Å². The first-order valence-corrected chi connectivity index (χ1v) is 6.17. The molecule has 1 aliphatic rings. The summed E-state index contributed by atoms with van der Waals surface area (Å²) < 4.78 is 18.2. The standard InChI is InChI=1S/C14H13FN2O2/c1-8-2-5-10(15)6-11(8)16-14(18)12-7-13(19-17-12)9-3-4-9/h2,5-7,9H,3-4H2,1H3,(H,16,18). The van der Waals surface area contributed by atoms with Crippen molar-refractivity contribution in [1.82, 2.24) is 5.16 Å². The lowest BCUT2D eigenvalue weighted by molar-refractivity contribution is 0.101. The second kappa shape index (κ2) is 4.50. The Kier molecular flexibility index (Phi) is 2.81. The zero-order chi connectivity index (χ0) is 13.4. The molecule has 3 rings (SSSR count). The fourth-order valence-electron chi connectivity index (χ4n) is 1.87. The Balaban J connectivity index is 1.77. The van der Waals surface area contributed by atoms with Gasteiger partial charge in [0.25, 0.3) is 5.91 Å². The Morgan fingerprint density at radius 2 is 2.21 bits per heavy atom. The molecule has 1 N–H and O–H groups in total. The normalized spacial score (nSPS) is 14.4. The lowest BCUT2D eigenvalue weighted by atomic mass is 10.2. The zero-order valence-electron chi connectivity index (χ0n) is 10.4. The molecule has 19 heavy (non-hydrogen) atoms. The molecule has 1 saturated carbocycles. The smallest absolute Gasteiger partial charge is 0.277 e. The highest BCUT2D eigenvalue weighted by Gasteiger charge is 2.28. The molecule has 0 unspecified atom stereocenters. The van der Waals surface area contributed by atoms with E-state index >= 15 is 0 Å². The third-order valence-electron chi connectivity index (χ3n) is 3.19. The van der Waals surface area contributed by atoms with E-state index in [-0.39, 0.29) is 17.4 Å². The number of hydrogen-bond acceptors (Lipinski definition) is 3. The number of amides is 1. The van der Waals surface area contributed by atoms with Gasteiger partial charge in [0.1, 0.15) is 11.6 Å². The van der Waals surface area contributed by atoms with Crippen molar-refractivity contribution in [3.63, 3.8) is 0 Å². The minimum absolute atomic E-state index is 0.227. The maximum atomic E-state index is 13.1. The third-order valence-corrected chi connectivity index (χ3v) is 3.19. The first kappa shape index (κ1) is 11.9. The van der Waals surface area contributed by atoms with Gasteiger partial charge in [-0.2, -0.15) is 0 Å². The van der Waals surface area contributed by atoms with Gasteiger partial charge < -0.3 is 9.84 Å². The minimum Gasteiger partial charge on any atom is -0.360 e. The first-order chi connectivity index (χ1) is 9.13. The summed E-state index contributed by atoms with van der Waals surface area (Å²) in [5.41, 5.74) is 1.46. The molecule has 4 nitrogen and oxygen atoms in total. The maximum absolute atomic E-state index is 13.1. The van der Waals surface area contributed by atoms with E-state index in [4.69, 9.17) is 4.52 Å². The van der Waals surface area contributed by atoms with Crippen LogP contribution in [0.1, 0.15) is 40.6 Å². The lowest BCUT2D eigenvalue weighted by Crippen LogP contribution is -2.13. The van der Waals surface area contributed by atoms with Crippen LogP contribution < -0.4 is 5.32 Å². The Bertz CT molecular complexity index is 632. The molecule has 1 amide bonds. The fourth-order valence-corrected chi connectivity index (χ4v) is 1.87. The number of nitrogens with one attached hydrogen (secondary N) is 1. The number of rotatable bonds is 3. The fraction of sp³-hybridized carbons (Fsp3) is 0.286. The largest absolute Gasteiger partial charge is 0.360 e. The van der Waals surface area contributed by atoms with Crippen molar-refractivity contribution in [2.24, 2.45) is 0 Å². The number of nitrogens with zero attached hydrogens (tertiary/aromatic N) is 1. The number of aromatic nitrogens is 1. The van der Waals surface area contributed by atoms with Gasteiger partial charge in [0.15, 0.2) is 5.69 Å². The van der Waals surface area contributed by atoms with Crippen molar-refractivity contribution in [3.05, 3.63) is 47.1 Å². The predicted octanol–water partition coefficient (Wildman–Crippen LogP) is 3.25. The molecule has 0 radical (unpaired) electrons. The number of halogens is 1. The van der Waals surface area contributed by atoms with Crippen molar-refractivity contribution in [2.75, 3.05) is 5.32 Å². The summed E-state index contributed by atoms with van der Waals surface area (Å²) in [7, 11) is 0. The van der Waals surface area contributed by atoms with Crippen LogP contribution >= 0.6 is 0 Å². The number of carbonyl (C=O) groups excluding carboxylic acids is 1. The van der Waals surface area contributed by atoms with Crippen LogP contribution in [0.3, 0.4) is 0 Å². The molecule has 0 saturated heterocycles. The number of aryl methyl sites for hydroxylation is 1. The molecule has 1 fully saturated rings. The lowest BCUT2D eigenvalue weighted by Gasteiger charge is -2.06. The van der Waals surface area contributed by atoms with Crippen LogP contribution in [0.15, 0.2) is 28.8 Å². The highest BCUT2D eigenvalue weighted by atomic mass is 19.1. The summed E-state index contributed by atoms with van der Waals surface area (Å²) >= 11 is 0. The summed E-state index contributed by atoms with van der Waals surface area (Å²) in [6, 6.07) is 5.91. The topological polar surface area (TPSA) is 55.1 Å². The number of hydrogen-bond donors (Lipinski definition) is 1. The zero-order valence-corrected chi connectivity index (χ0v) is 10.4. The summed E-state index contributed by atoms with van der Waals surface area (Å²) in [5.74, 6) is 0.384. The average molecular weight is 260 g/mol. The predicted molar refractivity (Wildman–Crippen MR) is 67.6 cm³/mol. The number of benzene rings is 1. The molecule has 1 aromatic carbocycles. The van der Waals surface area contributed by atoms with Crippen LogP contribution in [0.4, 0.5) is 10.1 Å². The second-order valence-corrected chi connectivity index (χ2v) is 4.80.